The van der Waals surface area contributed by atoms with Crippen molar-refractivity contribution in [2.75, 3.05) is 26.9 Å². The molecule has 0 aromatic rings. The van der Waals surface area contributed by atoms with Crippen molar-refractivity contribution in [1.82, 2.24) is 21.3 Å². The molecule has 0 aliphatic carbocycles. The predicted octanol–water partition coefficient (Wildman–Crippen LogP) is -4.82. The Morgan fingerprint density at radius 2 is 1.09 bits per heavy atom. The van der Waals surface area contributed by atoms with Crippen molar-refractivity contribution in [2.45, 2.75) is 25.0 Å². The van der Waals surface area contributed by atoms with E-state index in [2.05, 4.69) is 21.3 Å². The Kier molecular flexibility index (Phi) is 9.46. The van der Waals surface area contributed by atoms with Gasteiger partial charge in [-0.25, -0.2) is 0 Å². The summed E-state index contributed by atoms with van der Waals surface area (Å²) in [6.07, 6.45) is 0. The molecule has 0 bridgehead atoms. The zero-order valence-corrected chi connectivity index (χ0v) is 12.8. The maximum atomic E-state index is 11.9. The van der Waals surface area contributed by atoms with Crippen molar-refractivity contribution in [3.05, 3.63) is 0 Å². The summed E-state index contributed by atoms with van der Waals surface area (Å²) in [5.41, 5.74) is 0. The van der Waals surface area contributed by atoms with Gasteiger partial charge in [0.2, 0.25) is 23.6 Å². The fourth-order valence-electron chi connectivity index (χ4n) is 1.55. The molecule has 0 unspecified atom stereocenters. The van der Waals surface area contributed by atoms with Crippen LogP contribution in [0.1, 0.15) is 6.92 Å². The first-order valence-corrected chi connectivity index (χ1v) is 6.72. The Hall–Kier alpha value is -2.24. The number of carbonyl (C=O) groups is 4. The average Bonchev–Trinajstić information content (AvgIpc) is 2.53. The molecule has 23 heavy (non-hydrogen) atoms. The lowest BCUT2D eigenvalue weighted by molar-refractivity contribution is -0.135. The van der Waals surface area contributed by atoms with Crippen LogP contribution < -0.4 is 21.3 Å². The molecule has 0 radical (unpaired) electrons. The van der Waals surface area contributed by atoms with Gasteiger partial charge in [0, 0.05) is 14.0 Å². The lowest BCUT2D eigenvalue weighted by Crippen LogP contribution is -2.58. The molecule has 0 aromatic heterocycles. The summed E-state index contributed by atoms with van der Waals surface area (Å²) < 4.78 is 0. The lowest BCUT2D eigenvalue weighted by atomic mass is 10.2. The zero-order valence-electron chi connectivity index (χ0n) is 12.8. The third kappa shape index (κ3) is 7.04. The Balaban J connectivity index is 4.80. The van der Waals surface area contributed by atoms with Crippen LogP contribution in [0.4, 0.5) is 0 Å². The third-order valence-electron chi connectivity index (χ3n) is 2.75. The molecule has 11 nitrogen and oxygen atoms in total. The van der Waals surface area contributed by atoms with Crippen LogP contribution in [0.25, 0.3) is 0 Å². The molecule has 0 aromatic carbocycles. The van der Waals surface area contributed by atoms with Crippen molar-refractivity contribution < 1.29 is 34.5 Å². The second-order valence-electron chi connectivity index (χ2n) is 4.54. The van der Waals surface area contributed by atoms with Gasteiger partial charge in [0.05, 0.1) is 19.8 Å². The number of rotatable bonds is 9. The van der Waals surface area contributed by atoms with E-state index in [9.17, 15) is 24.3 Å². The number of hydrogen-bond donors (Lipinski definition) is 7. The number of amides is 4. The predicted molar refractivity (Wildman–Crippen MR) is 76.8 cm³/mol. The van der Waals surface area contributed by atoms with Crippen LogP contribution >= 0.6 is 0 Å². The average molecular weight is 334 g/mol. The quantitative estimate of drug-likeness (QED) is 0.221. The summed E-state index contributed by atoms with van der Waals surface area (Å²) in [6.45, 7) is -1.03. The molecule has 7 N–H and O–H groups in total. The second-order valence-corrected chi connectivity index (χ2v) is 4.54. The monoisotopic (exact) mass is 334 g/mol. The Morgan fingerprint density at radius 3 is 1.39 bits per heavy atom. The van der Waals surface area contributed by atoms with Crippen LogP contribution in [-0.2, 0) is 19.2 Å². The highest BCUT2D eigenvalue weighted by molar-refractivity contribution is 5.94. The fourth-order valence-corrected chi connectivity index (χ4v) is 1.55. The lowest BCUT2D eigenvalue weighted by Gasteiger charge is -2.22. The minimum Gasteiger partial charge on any atom is -0.394 e. The molecule has 132 valence electrons. The maximum Gasteiger partial charge on any atom is 0.245 e. The van der Waals surface area contributed by atoms with Crippen molar-refractivity contribution >= 4 is 23.6 Å². The Labute approximate surface area is 132 Å². The molecule has 0 saturated carbocycles. The van der Waals surface area contributed by atoms with E-state index in [4.69, 9.17) is 10.2 Å². The number of aliphatic hydroxyl groups is 3. The van der Waals surface area contributed by atoms with Crippen LogP contribution in [0, 0.1) is 0 Å². The summed E-state index contributed by atoms with van der Waals surface area (Å²) in [7, 11) is 1.31. The van der Waals surface area contributed by atoms with E-state index in [0.29, 0.717) is 0 Å². The number of carbonyl (C=O) groups excluding carboxylic acids is 4. The van der Waals surface area contributed by atoms with Gasteiger partial charge in [0.15, 0.2) is 0 Å². The zero-order chi connectivity index (χ0) is 18.0. The largest absolute Gasteiger partial charge is 0.394 e. The molecular formula is C12H22N4O7. The van der Waals surface area contributed by atoms with Crippen LogP contribution in [0.2, 0.25) is 0 Å². The number of hydrogen-bond acceptors (Lipinski definition) is 7. The molecule has 0 rings (SSSR count). The molecule has 0 spiro atoms. The molecule has 0 saturated heterocycles. The van der Waals surface area contributed by atoms with Crippen molar-refractivity contribution in [2.24, 2.45) is 0 Å². The minimum absolute atomic E-state index is 0.566. The minimum atomic E-state index is -1.43. The highest BCUT2D eigenvalue weighted by Crippen LogP contribution is 1.91. The van der Waals surface area contributed by atoms with Crippen molar-refractivity contribution in [1.29, 1.82) is 0 Å². The molecule has 3 atom stereocenters. The van der Waals surface area contributed by atoms with Gasteiger partial charge >= 0.3 is 0 Å². The molecule has 0 aliphatic heterocycles. The van der Waals surface area contributed by atoms with Crippen LogP contribution in [0.3, 0.4) is 0 Å². The van der Waals surface area contributed by atoms with E-state index < -0.39 is 61.6 Å². The van der Waals surface area contributed by atoms with Gasteiger partial charge in [-0.2, -0.15) is 0 Å². The maximum absolute atomic E-state index is 11.9. The topological polar surface area (TPSA) is 177 Å². The molecule has 11 heteroatoms. The van der Waals surface area contributed by atoms with E-state index in [0.717, 1.165) is 6.92 Å². The Morgan fingerprint density at radius 1 is 0.739 bits per heavy atom. The first-order chi connectivity index (χ1) is 10.8. The van der Waals surface area contributed by atoms with Gasteiger partial charge in [0.1, 0.15) is 18.1 Å². The van der Waals surface area contributed by atoms with Crippen LogP contribution in [0.5, 0.6) is 0 Å². The van der Waals surface area contributed by atoms with Crippen LogP contribution in [0.15, 0.2) is 0 Å². The molecule has 4 amide bonds. The van der Waals surface area contributed by atoms with E-state index in [-0.39, 0.29) is 0 Å². The molecule has 0 heterocycles. The van der Waals surface area contributed by atoms with E-state index in [1.165, 1.54) is 7.05 Å². The van der Waals surface area contributed by atoms with Gasteiger partial charge < -0.3 is 36.6 Å². The standard InChI is InChI=1S/C12H22N4O7/c1-6(20)14-8(4-18)11(22)16-9(5-19)12(23)15-7(3-17)10(21)13-2/h7-9,17-19H,3-5H2,1-2H3,(H,13,21)(H,14,20)(H,15,23)(H,16,22)/t7-,8-,9-/m0/s1. The van der Waals surface area contributed by atoms with Gasteiger partial charge in [0.25, 0.3) is 0 Å². The van der Waals surface area contributed by atoms with Crippen molar-refractivity contribution in [3.8, 4) is 0 Å². The fraction of sp³-hybridized carbons (Fsp3) is 0.667. The van der Waals surface area contributed by atoms with E-state index in [1.807, 2.05) is 0 Å². The number of nitrogens with one attached hydrogen (secondary N) is 4. The SMILES string of the molecule is CNC(=O)[C@H](CO)NC(=O)[C@H](CO)NC(=O)[C@H](CO)NC(C)=O. The first-order valence-electron chi connectivity index (χ1n) is 6.72. The smallest absolute Gasteiger partial charge is 0.245 e. The third-order valence-corrected chi connectivity index (χ3v) is 2.75. The van der Waals surface area contributed by atoms with Crippen LogP contribution in [-0.4, -0.2) is 83.9 Å². The normalized spacial score (nSPS) is 14.1. The highest BCUT2D eigenvalue weighted by Gasteiger charge is 2.28. The van der Waals surface area contributed by atoms with Crippen molar-refractivity contribution in [3.63, 3.8) is 0 Å². The van der Waals surface area contributed by atoms with Gasteiger partial charge in [-0.05, 0) is 0 Å². The van der Waals surface area contributed by atoms with Gasteiger partial charge in [-0.3, -0.25) is 19.2 Å². The number of likely N-dealkylation sites (N-methyl/N-ethyl adjacent to an activating group) is 1. The summed E-state index contributed by atoms with van der Waals surface area (Å²) in [5.74, 6) is -3.03. The summed E-state index contributed by atoms with van der Waals surface area (Å²) in [5, 5.41) is 35.9. The molecule has 0 aliphatic rings. The number of aliphatic hydroxyl groups excluding tert-OH is 3. The van der Waals surface area contributed by atoms with E-state index in [1.54, 1.807) is 0 Å². The van der Waals surface area contributed by atoms with E-state index >= 15 is 0 Å². The molecular weight excluding hydrogens is 312 g/mol. The first kappa shape index (κ1) is 20.8. The van der Waals surface area contributed by atoms with Gasteiger partial charge in [-0.1, -0.05) is 0 Å². The van der Waals surface area contributed by atoms with Gasteiger partial charge in [-0.15, -0.1) is 0 Å². The summed E-state index contributed by atoms with van der Waals surface area (Å²) in [4.78, 5) is 46.0. The molecule has 0 fully saturated rings. The summed E-state index contributed by atoms with van der Waals surface area (Å²) >= 11 is 0. The second kappa shape index (κ2) is 10.5. The summed E-state index contributed by atoms with van der Waals surface area (Å²) in [6, 6.07) is -3.96. The highest BCUT2D eigenvalue weighted by atomic mass is 16.3. The Bertz CT molecular complexity index is 443.